The maximum Gasteiger partial charge on any atom is 0.0931 e. The minimum atomic E-state index is 0.611. The van der Waals surface area contributed by atoms with Gasteiger partial charge in [0, 0.05) is 16.8 Å². The fourth-order valence-electron chi connectivity index (χ4n) is 1.91. The molecule has 1 N–H and O–H groups in total. The molecular weight excluding hydrogens is 202 g/mol. The molecular formula is C10H14ClNS. The lowest BCUT2D eigenvalue weighted by molar-refractivity contribution is 0.523. The molecule has 1 aromatic heterocycles. The predicted octanol–water partition coefficient (Wildman–Crippen LogP) is 3.26. The van der Waals surface area contributed by atoms with Crippen LogP contribution in [0.5, 0.6) is 0 Å². The largest absolute Gasteiger partial charge is 0.313 e. The molecule has 13 heavy (non-hydrogen) atoms. The van der Waals surface area contributed by atoms with Gasteiger partial charge in [0.25, 0.3) is 0 Å². The Morgan fingerprint density at radius 3 is 3.00 bits per heavy atom. The van der Waals surface area contributed by atoms with E-state index in [1.165, 1.54) is 24.3 Å². The first-order valence-electron chi connectivity index (χ1n) is 4.76. The molecule has 2 heterocycles. The molecule has 0 aromatic carbocycles. The molecule has 2 unspecified atom stereocenters. The average Bonchev–Trinajstić information content (AvgIpc) is 2.72. The number of halogens is 1. The third-order valence-corrected chi connectivity index (χ3v) is 4.18. The van der Waals surface area contributed by atoms with Crippen LogP contribution in [-0.2, 0) is 0 Å². The molecule has 1 nitrogen and oxygen atoms in total. The van der Waals surface area contributed by atoms with Gasteiger partial charge in [-0.15, -0.1) is 11.3 Å². The summed E-state index contributed by atoms with van der Waals surface area (Å²) in [5.41, 5.74) is 0. The Hall–Kier alpha value is -0.0500. The normalized spacial score (nSPS) is 24.9. The van der Waals surface area contributed by atoms with Crippen molar-refractivity contribution in [1.29, 1.82) is 0 Å². The van der Waals surface area contributed by atoms with Crippen molar-refractivity contribution in [2.45, 2.75) is 31.7 Å². The highest BCUT2D eigenvalue weighted by molar-refractivity contribution is 7.16. The van der Waals surface area contributed by atoms with Crippen molar-refractivity contribution in [2.75, 3.05) is 6.54 Å². The first-order valence-corrected chi connectivity index (χ1v) is 5.95. The number of hydrogen-bond acceptors (Lipinski definition) is 2. The molecule has 1 aliphatic rings. The van der Waals surface area contributed by atoms with Crippen LogP contribution in [0.25, 0.3) is 0 Å². The van der Waals surface area contributed by atoms with Gasteiger partial charge in [0.1, 0.15) is 0 Å². The second kappa shape index (κ2) is 3.99. The van der Waals surface area contributed by atoms with Gasteiger partial charge in [0.15, 0.2) is 0 Å². The second-order valence-corrected chi connectivity index (χ2v) is 5.38. The fraction of sp³-hybridized carbons (Fsp3) is 0.600. The van der Waals surface area contributed by atoms with Crippen LogP contribution in [0.15, 0.2) is 12.1 Å². The topological polar surface area (TPSA) is 12.0 Å². The minimum absolute atomic E-state index is 0.611. The summed E-state index contributed by atoms with van der Waals surface area (Å²) in [5.74, 6) is 0.611. The third-order valence-electron chi connectivity index (χ3n) is 2.74. The molecule has 3 heteroatoms. The molecule has 2 rings (SSSR count). The number of nitrogens with one attached hydrogen (secondary N) is 1. The van der Waals surface area contributed by atoms with Crippen molar-refractivity contribution in [1.82, 2.24) is 5.32 Å². The van der Waals surface area contributed by atoms with E-state index in [9.17, 15) is 0 Å². The predicted molar refractivity (Wildman–Crippen MR) is 58.8 cm³/mol. The molecule has 1 aromatic rings. The molecule has 2 atom stereocenters. The van der Waals surface area contributed by atoms with E-state index in [1.807, 2.05) is 6.07 Å². The van der Waals surface area contributed by atoms with E-state index in [4.69, 9.17) is 11.6 Å². The lowest BCUT2D eigenvalue weighted by atomic mass is 9.99. The van der Waals surface area contributed by atoms with Crippen molar-refractivity contribution in [3.8, 4) is 0 Å². The first-order chi connectivity index (χ1) is 6.27. The summed E-state index contributed by atoms with van der Waals surface area (Å²) in [6.45, 7) is 3.46. The van der Waals surface area contributed by atoms with Gasteiger partial charge < -0.3 is 5.32 Å². The van der Waals surface area contributed by atoms with Gasteiger partial charge in [-0.25, -0.2) is 0 Å². The SMILES string of the molecule is CC(c1ccc(Cl)s1)C1CCCN1. The maximum absolute atomic E-state index is 5.91. The van der Waals surface area contributed by atoms with Crippen LogP contribution in [-0.4, -0.2) is 12.6 Å². The Labute approximate surface area is 88.1 Å². The summed E-state index contributed by atoms with van der Waals surface area (Å²) >= 11 is 7.62. The van der Waals surface area contributed by atoms with Crippen LogP contribution in [0, 0.1) is 0 Å². The molecule has 0 saturated carbocycles. The summed E-state index contributed by atoms with van der Waals surface area (Å²) in [6.07, 6.45) is 2.62. The van der Waals surface area contributed by atoms with E-state index < -0.39 is 0 Å². The summed E-state index contributed by atoms with van der Waals surface area (Å²) in [6, 6.07) is 4.81. The Balaban J connectivity index is 2.07. The van der Waals surface area contributed by atoms with E-state index in [-0.39, 0.29) is 0 Å². The summed E-state index contributed by atoms with van der Waals surface area (Å²) in [4.78, 5) is 1.41. The van der Waals surface area contributed by atoms with Gasteiger partial charge in [0.05, 0.1) is 4.34 Å². The minimum Gasteiger partial charge on any atom is -0.313 e. The summed E-state index contributed by atoms with van der Waals surface area (Å²) in [5, 5.41) is 3.53. The Bertz CT molecular complexity index is 278. The van der Waals surface area contributed by atoms with Crippen LogP contribution in [0.2, 0.25) is 4.34 Å². The first kappa shape index (κ1) is 9.50. The van der Waals surface area contributed by atoms with E-state index >= 15 is 0 Å². The zero-order chi connectivity index (χ0) is 9.26. The van der Waals surface area contributed by atoms with Crippen LogP contribution >= 0.6 is 22.9 Å². The second-order valence-electron chi connectivity index (χ2n) is 3.63. The zero-order valence-electron chi connectivity index (χ0n) is 7.72. The highest BCUT2D eigenvalue weighted by Crippen LogP contribution is 2.32. The number of rotatable bonds is 2. The molecule has 0 amide bonds. The van der Waals surface area contributed by atoms with Crippen LogP contribution in [0.1, 0.15) is 30.6 Å². The highest BCUT2D eigenvalue weighted by atomic mass is 35.5. The van der Waals surface area contributed by atoms with Gasteiger partial charge in [0.2, 0.25) is 0 Å². The molecule has 1 saturated heterocycles. The van der Waals surface area contributed by atoms with Gasteiger partial charge >= 0.3 is 0 Å². The molecule has 0 spiro atoms. The fourth-order valence-corrected chi connectivity index (χ4v) is 3.09. The average molecular weight is 216 g/mol. The van der Waals surface area contributed by atoms with Crippen molar-refractivity contribution < 1.29 is 0 Å². The third kappa shape index (κ3) is 2.06. The highest BCUT2D eigenvalue weighted by Gasteiger charge is 2.22. The van der Waals surface area contributed by atoms with E-state index in [2.05, 4.69) is 18.3 Å². The van der Waals surface area contributed by atoms with Crippen molar-refractivity contribution in [3.63, 3.8) is 0 Å². The Morgan fingerprint density at radius 1 is 1.62 bits per heavy atom. The molecule has 1 fully saturated rings. The van der Waals surface area contributed by atoms with Crippen molar-refractivity contribution >= 4 is 22.9 Å². The molecule has 1 aliphatic heterocycles. The molecule has 0 aliphatic carbocycles. The Kier molecular flexibility index (Phi) is 2.92. The molecule has 72 valence electrons. The van der Waals surface area contributed by atoms with Crippen LogP contribution in [0.3, 0.4) is 0 Å². The van der Waals surface area contributed by atoms with Gasteiger partial charge in [-0.1, -0.05) is 18.5 Å². The number of hydrogen-bond donors (Lipinski definition) is 1. The van der Waals surface area contributed by atoms with Crippen molar-refractivity contribution in [3.05, 3.63) is 21.3 Å². The smallest absolute Gasteiger partial charge is 0.0931 e. The lowest BCUT2D eigenvalue weighted by Crippen LogP contribution is -2.26. The maximum atomic E-state index is 5.91. The Morgan fingerprint density at radius 2 is 2.46 bits per heavy atom. The van der Waals surface area contributed by atoms with Gasteiger partial charge in [-0.2, -0.15) is 0 Å². The summed E-state index contributed by atoms with van der Waals surface area (Å²) in [7, 11) is 0. The number of thiophene rings is 1. The zero-order valence-corrected chi connectivity index (χ0v) is 9.29. The van der Waals surface area contributed by atoms with Crippen LogP contribution in [0.4, 0.5) is 0 Å². The van der Waals surface area contributed by atoms with Gasteiger partial charge in [-0.3, -0.25) is 0 Å². The quantitative estimate of drug-likeness (QED) is 0.799. The van der Waals surface area contributed by atoms with Crippen molar-refractivity contribution in [2.24, 2.45) is 0 Å². The van der Waals surface area contributed by atoms with E-state index in [0.29, 0.717) is 12.0 Å². The molecule has 0 bridgehead atoms. The standard InChI is InChI=1S/C10H14ClNS/c1-7(8-3-2-6-12-8)9-4-5-10(11)13-9/h4-5,7-8,12H,2-3,6H2,1H3. The van der Waals surface area contributed by atoms with Crippen LogP contribution < -0.4 is 5.32 Å². The van der Waals surface area contributed by atoms with Gasteiger partial charge in [-0.05, 0) is 31.5 Å². The van der Waals surface area contributed by atoms with E-state index in [1.54, 1.807) is 11.3 Å². The summed E-state index contributed by atoms with van der Waals surface area (Å²) < 4.78 is 0.903. The van der Waals surface area contributed by atoms with E-state index in [0.717, 1.165) is 4.34 Å². The molecule has 0 radical (unpaired) electrons. The lowest BCUT2D eigenvalue weighted by Gasteiger charge is -2.17. The monoisotopic (exact) mass is 215 g/mol.